The number of halogens is 1. The Bertz CT molecular complexity index is 371. The highest BCUT2D eigenvalue weighted by atomic mass is 32.2. The zero-order chi connectivity index (χ0) is 13.5. The number of nitrogens with one attached hydrogen (secondary N) is 1. The summed E-state index contributed by atoms with van der Waals surface area (Å²) < 4.78 is 14.1. The topological polar surface area (TPSA) is 15.3 Å². The number of hydrogen-bond acceptors (Lipinski definition) is 3. The molecule has 4 heteroatoms. The van der Waals surface area contributed by atoms with E-state index in [1.165, 1.54) is 6.07 Å². The zero-order valence-corrected chi connectivity index (χ0v) is 12.5. The van der Waals surface area contributed by atoms with Gasteiger partial charge in [0.15, 0.2) is 0 Å². The van der Waals surface area contributed by atoms with Gasteiger partial charge < -0.3 is 10.2 Å². The number of hydrogen-bond donors (Lipinski definition) is 1. The number of para-hydroxylation sites is 1. The Labute approximate surface area is 114 Å². The molecule has 0 fully saturated rings. The SMILES string of the molecule is CCC(CSC)N(C)c1c(F)cccc1CNC. The van der Waals surface area contributed by atoms with Crippen molar-refractivity contribution in [1.29, 1.82) is 0 Å². The van der Waals surface area contributed by atoms with Gasteiger partial charge in [0.05, 0.1) is 5.69 Å². The maximum absolute atomic E-state index is 14.1. The molecule has 1 atom stereocenters. The Balaban J connectivity index is 3.05. The van der Waals surface area contributed by atoms with Crippen LogP contribution in [0.1, 0.15) is 18.9 Å². The van der Waals surface area contributed by atoms with Gasteiger partial charge >= 0.3 is 0 Å². The summed E-state index contributed by atoms with van der Waals surface area (Å²) in [5.41, 5.74) is 1.74. The third kappa shape index (κ3) is 3.62. The molecule has 0 aromatic heterocycles. The first-order valence-electron chi connectivity index (χ1n) is 6.29. The molecule has 0 saturated heterocycles. The number of nitrogens with zero attached hydrogens (tertiary/aromatic N) is 1. The fourth-order valence-electron chi connectivity index (χ4n) is 2.17. The summed E-state index contributed by atoms with van der Waals surface area (Å²) in [6, 6.07) is 5.66. The molecule has 1 unspecified atom stereocenters. The van der Waals surface area contributed by atoms with E-state index in [9.17, 15) is 4.39 Å². The van der Waals surface area contributed by atoms with E-state index in [4.69, 9.17) is 0 Å². The monoisotopic (exact) mass is 270 g/mol. The number of benzene rings is 1. The standard InChI is InChI=1S/C14H23FN2S/c1-5-12(10-18-4)17(3)14-11(9-16-2)7-6-8-13(14)15/h6-8,12,16H,5,9-10H2,1-4H3. The molecular weight excluding hydrogens is 247 g/mol. The van der Waals surface area contributed by atoms with Crippen LogP contribution in [0.5, 0.6) is 0 Å². The minimum absolute atomic E-state index is 0.134. The number of rotatable bonds is 7. The van der Waals surface area contributed by atoms with Crippen LogP contribution in [0.4, 0.5) is 10.1 Å². The van der Waals surface area contributed by atoms with Gasteiger partial charge in [-0.25, -0.2) is 4.39 Å². The third-order valence-corrected chi connectivity index (χ3v) is 3.89. The van der Waals surface area contributed by atoms with E-state index in [0.717, 1.165) is 23.4 Å². The summed E-state index contributed by atoms with van der Waals surface area (Å²) in [5.74, 6) is 0.880. The van der Waals surface area contributed by atoms with Gasteiger partial charge in [0.25, 0.3) is 0 Å². The van der Waals surface area contributed by atoms with Crippen LogP contribution in [0.3, 0.4) is 0 Å². The van der Waals surface area contributed by atoms with E-state index in [2.05, 4.69) is 23.4 Å². The molecule has 1 rings (SSSR count). The van der Waals surface area contributed by atoms with E-state index in [0.29, 0.717) is 12.6 Å². The van der Waals surface area contributed by atoms with Crippen LogP contribution < -0.4 is 10.2 Å². The Hall–Kier alpha value is -0.740. The fraction of sp³-hybridized carbons (Fsp3) is 0.571. The van der Waals surface area contributed by atoms with E-state index in [1.807, 2.05) is 20.2 Å². The first kappa shape index (κ1) is 15.3. The third-order valence-electron chi connectivity index (χ3n) is 3.17. The first-order valence-corrected chi connectivity index (χ1v) is 7.68. The second-order valence-corrected chi connectivity index (χ2v) is 5.32. The van der Waals surface area contributed by atoms with Crippen LogP contribution in [-0.4, -0.2) is 32.1 Å². The molecule has 0 aliphatic rings. The van der Waals surface area contributed by atoms with Crippen molar-refractivity contribution in [3.63, 3.8) is 0 Å². The zero-order valence-electron chi connectivity index (χ0n) is 11.7. The molecule has 0 heterocycles. The average Bonchev–Trinajstić information content (AvgIpc) is 2.36. The van der Waals surface area contributed by atoms with Crippen molar-refractivity contribution < 1.29 is 4.39 Å². The summed E-state index contributed by atoms with van der Waals surface area (Å²) in [6.07, 6.45) is 3.11. The second kappa shape index (κ2) is 7.64. The molecule has 0 aliphatic heterocycles. The quantitative estimate of drug-likeness (QED) is 0.819. The molecule has 0 radical (unpaired) electrons. The van der Waals surface area contributed by atoms with Crippen LogP contribution in [0.25, 0.3) is 0 Å². The van der Waals surface area contributed by atoms with Crippen molar-refractivity contribution in [1.82, 2.24) is 5.32 Å². The highest BCUT2D eigenvalue weighted by Gasteiger charge is 2.18. The van der Waals surface area contributed by atoms with Crippen molar-refractivity contribution in [3.8, 4) is 0 Å². The molecule has 1 aromatic rings. The smallest absolute Gasteiger partial charge is 0.146 e. The van der Waals surface area contributed by atoms with Crippen LogP contribution in [0.15, 0.2) is 18.2 Å². The van der Waals surface area contributed by atoms with E-state index >= 15 is 0 Å². The largest absolute Gasteiger partial charge is 0.368 e. The molecule has 2 nitrogen and oxygen atoms in total. The Morgan fingerprint density at radius 3 is 2.72 bits per heavy atom. The average molecular weight is 270 g/mol. The van der Waals surface area contributed by atoms with Gasteiger partial charge in [-0.05, 0) is 31.4 Å². The minimum Gasteiger partial charge on any atom is -0.368 e. The highest BCUT2D eigenvalue weighted by molar-refractivity contribution is 7.98. The summed E-state index contributed by atoms with van der Waals surface area (Å²) in [5, 5.41) is 3.10. The van der Waals surface area contributed by atoms with Crippen molar-refractivity contribution in [2.24, 2.45) is 0 Å². The maximum atomic E-state index is 14.1. The van der Waals surface area contributed by atoms with Gasteiger partial charge in [0.1, 0.15) is 5.82 Å². The molecule has 1 aromatic carbocycles. The van der Waals surface area contributed by atoms with Crippen LogP contribution in [0, 0.1) is 5.82 Å². The molecule has 0 spiro atoms. The summed E-state index contributed by atoms with van der Waals surface area (Å²) in [6.45, 7) is 2.84. The van der Waals surface area contributed by atoms with Crippen LogP contribution in [0.2, 0.25) is 0 Å². The predicted molar refractivity (Wildman–Crippen MR) is 80.0 cm³/mol. The molecule has 18 heavy (non-hydrogen) atoms. The van der Waals surface area contributed by atoms with Crippen molar-refractivity contribution in [2.45, 2.75) is 25.9 Å². The van der Waals surface area contributed by atoms with E-state index in [-0.39, 0.29) is 5.82 Å². The fourth-order valence-corrected chi connectivity index (χ4v) is 3.01. The van der Waals surface area contributed by atoms with E-state index in [1.54, 1.807) is 17.8 Å². The molecule has 0 aliphatic carbocycles. The lowest BCUT2D eigenvalue weighted by atomic mass is 10.1. The lowest BCUT2D eigenvalue weighted by molar-refractivity contribution is 0.597. The van der Waals surface area contributed by atoms with Gasteiger partial charge in [-0.3, -0.25) is 0 Å². The summed E-state index contributed by atoms with van der Waals surface area (Å²) in [4.78, 5) is 2.08. The van der Waals surface area contributed by atoms with Gasteiger partial charge in [-0.2, -0.15) is 11.8 Å². The van der Waals surface area contributed by atoms with Gasteiger partial charge in [-0.1, -0.05) is 19.1 Å². The summed E-state index contributed by atoms with van der Waals surface area (Å²) >= 11 is 1.80. The van der Waals surface area contributed by atoms with E-state index < -0.39 is 0 Å². The maximum Gasteiger partial charge on any atom is 0.146 e. The van der Waals surface area contributed by atoms with Gasteiger partial charge in [-0.15, -0.1) is 0 Å². The molecule has 102 valence electrons. The molecule has 1 N–H and O–H groups in total. The Morgan fingerprint density at radius 1 is 1.44 bits per heavy atom. The lowest BCUT2D eigenvalue weighted by Gasteiger charge is -2.31. The number of thioether (sulfide) groups is 1. The minimum atomic E-state index is -0.134. The predicted octanol–water partition coefficient (Wildman–Crippen LogP) is 3.12. The van der Waals surface area contributed by atoms with Crippen LogP contribution in [-0.2, 0) is 6.54 Å². The van der Waals surface area contributed by atoms with Crippen molar-refractivity contribution >= 4 is 17.4 Å². The van der Waals surface area contributed by atoms with Gasteiger partial charge in [0.2, 0.25) is 0 Å². The van der Waals surface area contributed by atoms with Crippen molar-refractivity contribution in [3.05, 3.63) is 29.6 Å². The normalized spacial score (nSPS) is 12.5. The number of anilines is 1. The molecule has 0 bridgehead atoms. The van der Waals surface area contributed by atoms with Crippen molar-refractivity contribution in [2.75, 3.05) is 31.0 Å². The highest BCUT2D eigenvalue weighted by Crippen LogP contribution is 2.26. The Kier molecular flexibility index (Phi) is 6.50. The van der Waals surface area contributed by atoms with Crippen LogP contribution >= 0.6 is 11.8 Å². The first-order chi connectivity index (χ1) is 8.65. The molecule has 0 amide bonds. The Morgan fingerprint density at radius 2 is 2.17 bits per heavy atom. The molecule has 0 saturated carbocycles. The van der Waals surface area contributed by atoms with Gasteiger partial charge in [0, 0.05) is 25.4 Å². The molecular formula is C14H23FN2S. The summed E-state index contributed by atoms with van der Waals surface area (Å²) in [7, 11) is 3.87. The second-order valence-electron chi connectivity index (χ2n) is 4.41. The lowest BCUT2D eigenvalue weighted by Crippen LogP contribution is -2.34.